The van der Waals surface area contributed by atoms with Gasteiger partial charge in [0.15, 0.2) is 5.16 Å². The molecule has 0 radical (unpaired) electrons. The number of hydrogen-bond donors (Lipinski definition) is 2. The van der Waals surface area contributed by atoms with Crippen LogP contribution in [0.3, 0.4) is 0 Å². The number of rotatable bonds is 7. The number of carbonyl (C=O) groups is 1. The molecule has 2 heterocycles. The van der Waals surface area contributed by atoms with Crippen LogP contribution in [-0.2, 0) is 4.79 Å². The molecule has 4 aromatic carbocycles. The van der Waals surface area contributed by atoms with Crippen LogP contribution in [0.2, 0.25) is 0 Å². The predicted octanol–water partition coefficient (Wildman–Crippen LogP) is 6.48. The molecule has 0 atom stereocenters. The number of nitro groups is 1. The van der Waals surface area contributed by atoms with Crippen molar-refractivity contribution < 1.29 is 9.72 Å². The van der Waals surface area contributed by atoms with Crippen molar-refractivity contribution >= 4 is 51.1 Å². The summed E-state index contributed by atoms with van der Waals surface area (Å²) in [5.74, 6) is -0.115. The standard InChI is InChI=1S/C29H20N6O3S/c36-26(17-39-29-33-23-14-12-21(35(37)38)16-25(23)34-29)30-20-11-13-22-24(15-20)32-28(19-9-5-2-6-10-19)27(31-22)18-7-3-1-4-8-18/h1-16H,17H2,(H,30,36)(H,33,34). The summed E-state index contributed by atoms with van der Waals surface area (Å²) in [6.45, 7) is 0. The van der Waals surface area contributed by atoms with Gasteiger partial charge in [-0.05, 0) is 24.3 Å². The van der Waals surface area contributed by atoms with Crippen LogP contribution in [0, 0.1) is 10.1 Å². The predicted molar refractivity (Wildman–Crippen MR) is 153 cm³/mol. The van der Waals surface area contributed by atoms with Crippen molar-refractivity contribution in [1.82, 2.24) is 19.9 Å². The number of hydrogen-bond acceptors (Lipinski definition) is 7. The number of thioether (sulfide) groups is 1. The van der Waals surface area contributed by atoms with Gasteiger partial charge in [-0.15, -0.1) is 0 Å². The van der Waals surface area contributed by atoms with E-state index in [9.17, 15) is 14.9 Å². The number of carbonyl (C=O) groups excluding carboxylic acids is 1. The molecule has 0 fully saturated rings. The molecule has 0 unspecified atom stereocenters. The Morgan fingerprint density at radius 3 is 2.10 bits per heavy atom. The van der Waals surface area contributed by atoms with E-state index in [1.54, 1.807) is 12.1 Å². The quantitative estimate of drug-likeness (QED) is 0.137. The first-order valence-corrected chi connectivity index (χ1v) is 13.0. The first kappa shape index (κ1) is 24.3. The molecule has 10 heteroatoms. The summed E-state index contributed by atoms with van der Waals surface area (Å²) in [6.07, 6.45) is 0. The third kappa shape index (κ3) is 5.18. The Morgan fingerprint density at radius 2 is 1.44 bits per heavy atom. The second-order valence-corrected chi connectivity index (χ2v) is 9.66. The third-order valence-electron chi connectivity index (χ3n) is 6.04. The molecule has 2 N–H and O–H groups in total. The highest BCUT2D eigenvalue weighted by atomic mass is 32.2. The lowest BCUT2D eigenvalue weighted by Crippen LogP contribution is -2.14. The summed E-state index contributed by atoms with van der Waals surface area (Å²) in [5, 5.41) is 14.4. The largest absolute Gasteiger partial charge is 0.333 e. The van der Waals surface area contributed by atoms with E-state index in [0.717, 1.165) is 28.0 Å². The summed E-state index contributed by atoms with van der Waals surface area (Å²) in [4.78, 5) is 40.5. The van der Waals surface area contributed by atoms with E-state index in [-0.39, 0.29) is 17.3 Å². The zero-order chi connectivity index (χ0) is 26.8. The van der Waals surface area contributed by atoms with Crippen molar-refractivity contribution in [1.29, 1.82) is 0 Å². The van der Waals surface area contributed by atoms with Gasteiger partial charge in [-0.1, -0.05) is 72.4 Å². The van der Waals surface area contributed by atoms with Gasteiger partial charge in [0.25, 0.3) is 5.69 Å². The van der Waals surface area contributed by atoms with Gasteiger partial charge < -0.3 is 10.3 Å². The average molecular weight is 533 g/mol. The Morgan fingerprint density at radius 1 is 0.795 bits per heavy atom. The number of non-ortho nitro benzene ring substituents is 1. The van der Waals surface area contributed by atoms with Gasteiger partial charge in [0, 0.05) is 28.9 Å². The number of benzene rings is 4. The minimum atomic E-state index is -0.459. The molecule has 39 heavy (non-hydrogen) atoms. The van der Waals surface area contributed by atoms with Crippen LogP contribution in [0.4, 0.5) is 11.4 Å². The van der Waals surface area contributed by atoms with Gasteiger partial charge in [0.2, 0.25) is 5.91 Å². The topological polar surface area (TPSA) is 127 Å². The normalized spacial score (nSPS) is 11.1. The number of amides is 1. The number of aromatic nitrogens is 4. The second-order valence-electron chi connectivity index (χ2n) is 8.69. The van der Waals surface area contributed by atoms with Crippen LogP contribution in [0.5, 0.6) is 0 Å². The van der Waals surface area contributed by atoms with E-state index < -0.39 is 4.92 Å². The van der Waals surface area contributed by atoms with Gasteiger partial charge in [-0.2, -0.15) is 0 Å². The summed E-state index contributed by atoms with van der Waals surface area (Å²) in [6, 6.07) is 29.7. The van der Waals surface area contributed by atoms with Gasteiger partial charge in [0.05, 0.1) is 44.1 Å². The number of H-pyrrole nitrogens is 1. The highest BCUT2D eigenvalue weighted by Crippen LogP contribution is 2.31. The number of nitrogens with one attached hydrogen (secondary N) is 2. The molecule has 2 aromatic heterocycles. The van der Waals surface area contributed by atoms with Gasteiger partial charge in [0.1, 0.15) is 0 Å². The minimum absolute atomic E-state index is 0.0221. The van der Waals surface area contributed by atoms with Crippen molar-refractivity contribution in [2.24, 2.45) is 0 Å². The average Bonchev–Trinajstić information content (AvgIpc) is 3.39. The number of fused-ring (bicyclic) bond motifs is 2. The third-order valence-corrected chi connectivity index (χ3v) is 6.91. The van der Waals surface area contributed by atoms with Crippen molar-refractivity contribution in [2.75, 3.05) is 11.1 Å². The molecule has 190 valence electrons. The van der Waals surface area contributed by atoms with Crippen molar-refractivity contribution in [2.45, 2.75) is 5.16 Å². The fourth-order valence-corrected chi connectivity index (χ4v) is 4.90. The van der Waals surface area contributed by atoms with Crippen LogP contribution in [-0.4, -0.2) is 36.5 Å². The highest BCUT2D eigenvalue weighted by molar-refractivity contribution is 7.99. The highest BCUT2D eigenvalue weighted by Gasteiger charge is 2.15. The van der Waals surface area contributed by atoms with E-state index in [2.05, 4.69) is 15.3 Å². The van der Waals surface area contributed by atoms with E-state index in [4.69, 9.17) is 9.97 Å². The Kier molecular flexibility index (Phi) is 6.44. The van der Waals surface area contributed by atoms with Gasteiger partial charge in [-0.25, -0.2) is 15.0 Å². The van der Waals surface area contributed by atoms with Gasteiger partial charge >= 0.3 is 0 Å². The molecule has 0 aliphatic rings. The molecular formula is C29H20N6O3S. The Bertz CT molecular complexity index is 1840. The summed E-state index contributed by atoms with van der Waals surface area (Å²) >= 11 is 1.21. The zero-order valence-electron chi connectivity index (χ0n) is 20.4. The molecule has 9 nitrogen and oxygen atoms in total. The number of aromatic amines is 1. The second kappa shape index (κ2) is 10.3. The summed E-state index contributed by atoms with van der Waals surface area (Å²) < 4.78 is 0. The molecule has 0 bridgehead atoms. The molecule has 1 amide bonds. The van der Waals surface area contributed by atoms with E-state index in [0.29, 0.717) is 27.4 Å². The fourth-order valence-electron chi connectivity index (χ4n) is 4.21. The number of nitro benzene ring substituents is 1. The monoisotopic (exact) mass is 532 g/mol. The molecule has 0 aliphatic heterocycles. The molecule has 6 rings (SSSR count). The molecule has 0 saturated heterocycles. The van der Waals surface area contributed by atoms with Crippen LogP contribution in [0.25, 0.3) is 44.6 Å². The number of anilines is 1. The Labute approximate surface area is 226 Å². The molecule has 0 saturated carbocycles. The van der Waals surface area contributed by atoms with E-state index >= 15 is 0 Å². The van der Waals surface area contributed by atoms with Crippen molar-refractivity contribution in [3.8, 4) is 22.5 Å². The number of nitrogens with zero attached hydrogens (tertiary/aromatic N) is 4. The Balaban J connectivity index is 1.23. The molecule has 0 aliphatic carbocycles. The van der Waals surface area contributed by atoms with Gasteiger partial charge in [-0.3, -0.25) is 14.9 Å². The molecule has 0 spiro atoms. The maximum absolute atomic E-state index is 12.7. The molecular weight excluding hydrogens is 512 g/mol. The van der Waals surface area contributed by atoms with Crippen LogP contribution < -0.4 is 5.32 Å². The Hall–Kier alpha value is -5.09. The maximum Gasteiger partial charge on any atom is 0.271 e. The summed E-state index contributed by atoms with van der Waals surface area (Å²) in [7, 11) is 0. The van der Waals surface area contributed by atoms with Crippen LogP contribution in [0.15, 0.2) is 102 Å². The lowest BCUT2D eigenvalue weighted by Gasteiger charge is -2.12. The molecule has 6 aromatic rings. The minimum Gasteiger partial charge on any atom is -0.333 e. The fraction of sp³-hybridized carbons (Fsp3) is 0.0345. The summed E-state index contributed by atoms with van der Waals surface area (Å²) in [5.41, 5.74) is 6.59. The van der Waals surface area contributed by atoms with Crippen LogP contribution in [0.1, 0.15) is 0 Å². The maximum atomic E-state index is 12.7. The first-order chi connectivity index (χ1) is 19.0. The van der Waals surface area contributed by atoms with E-state index in [1.165, 1.54) is 23.9 Å². The lowest BCUT2D eigenvalue weighted by atomic mass is 10.0. The van der Waals surface area contributed by atoms with Crippen molar-refractivity contribution in [3.05, 3.63) is 107 Å². The van der Waals surface area contributed by atoms with Crippen LogP contribution >= 0.6 is 11.8 Å². The lowest BCUT2D eigenvalue weighted by molar-refractivity contribution is -0.384. The van der Waals surface area contributed by atoms with Crippen molar-refractivity contribution in [3.63, 3.8) is 0 Å². The first-order valence-electron chi connectivity index (χ1n) is 12.0. The van der Waals surface area contributed by atoms with E-state index in [1.807, 2.05) is 72.8 Å². The zero-order valence-corrected chi connectivity index (χ0v) is 21.2. The number of imidazole rings is 1. The SMILES string of the molecule is O=C(CSc1nc2ccc([N+](=O)[O-])cc2[nH]1)Nc1ccc2nc(-c3ccccc3)c(-c3ccccc3)nc2c1. The smallest absolute Gasteiger partial charge is 0.271 e.